The number of carbonyl (C=O) groups is 3. The maximum absolute atomic E-state index is 12.2. The van der Waals surface area contributed by atoms with E-state index in [0.717, 1.165) is 5.69 Å². The standard InChI is InChI=1S/C16H21N3O3/c1-13(20)17-9-5-8-15(21)18-10-11-19(16(22)12-18)14-6-3-2-4-7-14/h2-4,6-7H,5,8-12H2,1H3,(H,17,20). The van der Waals surface area contributed by atoms with Crippen LogP contribution in [0.4, 0.5) is 5.69 Å². The Kier molecular flexibility index (Phi) is 5.52. The number of nitrogens with one attached hydrogen (secondary N) is 1. The number of hydrogen-bond donors (Lipinski definition) is 1. The molecule has 1 N–H and O–H groups in total. The molecule has 0 aliphatic carbocycles. The number of rotatable bonds is 5. The molecule has 0 radical (unpaired) electrons. The fourth-order valence-corrected chi connectivity index (χ4v) is 2.43. The molecule has 3 amide bonds. The molecule has 1 saturated heterocycles. The highest BCUT2D eigenvalue weighted by Gasteiger charge is 2.27. The number of para-hydroxylation sites is 1. The Morgan fingerprint density at radius 1 is 1.18 bits per heavy atom. The highest BCUT2D eigenvalue weighted by atomic mass is 16.2. The lowest BCUT2D eigenvalue weighted by molar-refractivity contribution is -0.137. The summed E-state index contributed by atoms with van der Waals surface area (Å²) < 4.78 is 0. The summed E-state index contributed by atoms with van der Waals surface area (Å²) in [6.07, 6.45) is 0.935. The number of anilines is 1. The highest BCUT2D eigenvalue weighted by molar-refractivity contribution is 5.97. The van der Waals surface area contributed by atoms with Crippen LogP contribution in [0.2, 0.25) is 0 Å². The summed E-state index contributed by atoms with van der Waals surface area (Å²) in [4.78, 5) is 38.3. The molecule has 0 aromatic heterocycles. The second-order valence-corrected chi connectivity index (χ2v) is 5.28. The maximum Gasteiger partial charge on any atom is 0.246 e. The third-order valence-corrected chi connectivity index (χ3v) is 3.58. The van der Waals surface area contributed by atoms with Gasteiger partial charge >= 0.3 is 0 Å². The summed E-state index contributed by atoms with van der Waals surface area (Å²) in [6.45, 7) is 3.11. The van der Waals surface area contributed by atoms with Crippen molar-refractivity contribution in [1.82, 2.24) is 10.2 Å². The molecule has 1 heterocycles. The van der Waals surface area contributed by atoms with Crippen molar-refractivity contribution >= 4 is 23.4 Å². The number of amides is 3. The smallest absolute Gasteiger partial charge is 0.246 e. The summed E-state index contributed by atoms with van der Waals surface area (Å²) in [5.41, 5.74) is 0.866. The van der Waals surface area contributed by atoms with Gasteiger partial charge in [-0.2, -0.15) is 0 Å². The average Bonchev–Trinajstić information content (AvgIpc) is 2.52. The van der Waals surface area contributed by atoms with Gasteiger partial charge in [0.15, 0.2) is 0 Å². The average molecular weight is 303 g/mol. The van der Waals surface area contributed by atoms with Crippen molar-refractivity contribution in [3.05, 3.63) is 30.3 Å². The molecule has 0 saturated carbocycles. The number of benzene rings is 1. The Hall–Kier alpha value is -2.37. The normalized spacial score (nSPS) is 14.9. The highest BCUT2D eigenvalue weighted by Crippen LogP contribution is 2.17. The van der Waals surface area contributed by atoms with Crippen molar-refractivity contribution in [3.8, 4) is 0 Å². The minimum Gasteiger partial charge on any atom is -0.356 e. The van der Waals surface area contributed by atoms with Crippen LogP contribution in [0, 0.1) is 0 Å². The van der Waals surface area contributed by atoms with Gasteiger partial charge in [0.1, 0.15) is 6.54 Å². The molecule has 0 bridgehead atoms. The van der Waals surface area contributed by atoms with Crippen LogP contribution >= 0.6 is 0 Å². The molecule has 0 spiro atoms. The molecule has 1 aliphatic rings. The number of carbonyl (C=O) groups excluding carboxylic acids is 3. The zero-order chi connectivity index (χ0) is 15.9. The van der Waals surface area contributed by atoms with Crippen LogP contribution in [0.5, 0.6) is 0 Å². The van der Waals surface area contributed by atoms with E-state index in [9.17, 15) is 14.4 Å². The van der Waals surface area contributed by atoms with Gasteiger partial charge in [-0.3, -0.25) is 14.4 Å². The van der Waals surface area contributed by atoms with E-state index in [4.69, 9.17) is 0 Å². The van der Waals surface area contributed by atoms with Gasteiger partial charge < -0.3 is 15.1 Å². The molecule has 6 heteroatoms. The Balaban J connectivity index is 1.81. The minimum absolute atomic E-state index is 0.0357. The predicted molar refractivity (Wildman–Crippen MR) is 83.3 cm³/mol. The van der Waals surface area contributed by atoms with Gasteiger partial charge in [0, 0.05) is 38.7 Å². The molecule has 22 heavy (non-hydrogen) atoms. The molecule has 1 aromatic carbocycles. The first-order valence-corrected chi connectivity index (χ1v) is 7.45. The van der Waals surface area contributed by atoms with Crippen LogP contribution in [0.1, 0.15) is 19.8 Å². The van der Waals surface area contributed by atoms with E-state index in [2.05, 4.69) is 5.32 Å². The van der Waals surface area contributed by atoms with Gasteiger partial charge in [-0.15, -0.1) is 0 Å². The van der Waals surface area contributed by atoms with Gasteiger partial charge in [0.2, 0.25) is 17.7 Å². The quantitative estimate of drug-likeness (QED) is 0.817. The first-order valence-electron chi connectivity index (χ1n) is 7.45. The van der Waals surface area contributed by atoms with E-state index >= 15 is 0 Å². The van der Waals surface area contributed by atoms with Crippen molar-refractivity contribution < 1.29 is 14.4 Å². The zero-order valence-electron chi connectivity index (χ0n) is 12.7. The summed E-state index contributed by atoms with van der Waals surface area (Å²) >= 11 is 0. The summed E-state index contributed by atoms with van der Waals surface area (Å²) in [7, 11) is 0. The van der Waals surface area contributed by atoms with Crippen LogP contribution in [0.25, 0.3) is 0 Å². The minimum atomic E-state index is -0.0981. The third kappa shape index (κ3) is 4.31. The molecular formula is C16H21N3O3. The SMILES string of the molecule is CC(=O)NCCCC(=O)N1CCN(c2ccccc2)C(=O)C1. The van der Waals surface area contributed by atoms with E-state index < -0.39 is 0 Å². The maximum atomic E-state index is 12.2. The molecule has 0 unspecified atom stereocenters. The Labute approximate surface area is 130 Å². The van der Waals surface area contributed by atoms with E-state index in [1.807, 2.05) is 30.3 Å². The van der Waals surface area contributed by atoms with Gasteiger partial charge in [-0.1, -0.05) is 18.2 Å². The van der Waals surface area contributed by atoms with Gasteiger partial charge in [-0.05, 0) is 18.6 Å². The van der Waals surface area contributed by atoms with Crippen molar-refractivity contribution in [2.45, 2.75) is 19.8 Å². The van der Waals surface area contributed by atoms with Crippen LogP contribution in [0.3, 0.4) is 0 Å². The van der Waals surface area contributed by atoms with Crippen molar-refractivity contribution in [2.24, 2.45) is 0 Å². The van der Waals surface area contributed by atoms with Crippen LogP contribution in [0.15, 0.2) is 30.3 Å². The fourth-order valence-electron chi connectivity index (χ4n) is 2.43. The lowest BCUT2D eigenvalue weighted by atomic mass is 10.2. The molecule has 6 nitrogen and oxygen atoms in total. The van der Waals surface area contributed by atoms with Crippen LogP contribution in [-0.4, -0.2) is 48.8 Å². The second kappa shape index (κ2) is 7.59. The number of hydrogen-bond acceptors (Lipinski definition) is 3. The predicted octanol–water partition coefficient (Wildman–Crippen LogP) is 0.778. The molecule has 1 fully saturated rings. The Morgan fingerprint density at radius 3 is 2.55 bits per heavy atom. The molecule has 1 aromatic rings. The van der Waals surface area contributed by atoms with Crippen molar-refractivity contribution in [3.63, 3.8) is 0 Å². The van der Waals surface area contributed by atoms with Crippen molar-refractivity contribution in [2.75, 3.05) is 31.1 Å². The first kappa shape index (κ1) is 16.0. The van der Waals surface area contributed by atoms with E-state index in [1.54, 1.807) is 9.80 Å². The number of nitrogens with zero attached hydrogens (tertiary/aromatic N) is 2. The molecule has 1 aliphatic heterocycles. The van der Waals surface area contributed by atoms with Gasteiger partial charge in [0.25, 0.3) is 0 Å². The molecular weight excluding hydrogens is 282 g/mol. The van der Waals surface area contributed by atoms with Crippen LogP contribution in [-0.2, 0) is 14.4 Å². The Bertz CT molecular complexity index is 545. The van der Waals surface area contributed by atoms with E-state index in [-0.39, 0.29) is 24.3 Å². The monoisotopic (exact) mass is 303 g/mol. The van der Waals surface area contributed by atoms with Crippen molar-refractivity contribution in [1.29, 1.82) is 0 Å². The largest absolute Gasteiger partial charge is 0.356 e. The first-order chi connectivity index (χ1) is 10.6. The number of piperazine rings is 1. The molecule has 2 rings (SSSR count). The van der Waals surface area contributed by atoms with Gasteiger partial charge in [-0.25, -0.2) is 0 Å². The zero-order valence-corrected chi connectivity index (χ0v) is 12.7. The molecule has 0 atom stereocenters. The molecule has 118 valence electrons. The lowest BCUT2D eigenvalue weighted by Crippen LogP contribution is -2.52. The summed E-state index contributed by atoms with van der Waals surface area (Å²) in [6, 6.07) is 9.47. The summed E-state index contributed by atoms with van der Waals surface area (Å²) in [5, 5.41) is 2.66. The Morgan fingerprint density at radius 2 is 1.91 bits per heavy atom. The topological polar surface area (TPSA) is 69.7 Å². The van der Waals surface area contributed by atoms with E-state index in [1.165, 1.54) is 6.92 Å². The third-order valence-electron chi connectivity index (χ3n) is 3.58. The van der Waals surface area contributed by atoms with Crippen LogP contribution < -0.4 is 10.2 Å². The lowest BCUT2D eigenvalue weighted by Gasteiger charge is -2.34. The second-order valence-electron chi connectivity index (χ2n) is 5.28. The summed E-state index contributed by atoms with van der Waals surface area (Å²) in [5.74, 6) is -0.196. The fraction of sp³-hybridized carbons (Fsp3) is 0.438. The van der Waals surface area contributed by atoms with E-state index in [0.29, 0.717) is 32.5 Å². The van der Waals surface area contributed by atoms with Gasteiger partial charge in [0.05, 0.1) is 0 Å².